The fourth-order valence-electron chi connectivity index (χ4n) is 1.99. The Labute approximate surface area is 153 Å². The summed E-state index contributed by atoms with van der Waals surface area (Å²) in [5.74, 6) is -0.756. The highest BCUT2D eigenvalue weighted by molar-refractivity contribution is 7.90. The van der Waals surface area contributed by atoms with E-state index in [9.17, 15) is 26.4 Å². The molecule has 0 saturated carbocycles. The Balaban J connectivity index is 2.40. The van der Waals surface area contributed by atoms with Crippen LogP contribution in [0.2, 0.25) is 0 Å². The minimum Gasteiger partial charge on any atom is -0.460 e. The molecule has 7 nitrogen and oxygen atoms in total. The summed E-state index contributed by atoms with van der Waals surface area (Å²) in [7, 11) is -3.88. The van der Waals surface area contributed by atoms with Crippen molar-refractivity contribution in [3.63, 3.8) is 0 Å². The van der Waals surface area contributed by atoms with Crippen LogP contribution in [0.15, 0.2) is 35.5 Å². The maximum absolute atomic E-state index is 13.1. The molecule has 0 bridgehead atoms. The second-order valence-corrected chi connectivity index (χ2v) is 7.88. The van der Waals surface area contributed by atoms with Gasteiger partial charge >= 0.3 is 12.1 Å². The Morgan fingerprint density at radius 2 is 1.93 bits per heavy atom. The summed E-state index contributed by atoms with van der Waals surface area (Å²) in [6.45, 7) is 3.35. The van der Waals surface area contributed by atoms with Gasteiger partial charge in [0, 0.05) is 24.1 Å². The Kier molecular flexibility index (Phi) is 5.73. The van der Waals surface area contributed by atoms with Crippen LogP contribution in [0.5, 0.6) is 0 Å². The van der Waals surface area contributed by atoms with Crippen molar-refractivity contribution in [2.24, 2.45) is 0 Å². The largest absolute Gasteiger partial charge is 0.460 e. The Morgan fingerprint density at radius 1 is 1.26 bits per heavy atom. The second kappa shape index (κ2) is 7.51. The van der Waals surface area contributed by atoms with E-state index in [4.69, 9.17) is 4.74 Å². The molecule has 0 saturated heterocycles. The third-order valence-electron chi connectivity index (χ3n) is 3.14. The summed E-state index contributed by atoms with van der Waals surface area (Å²) < 4.78 is 68.6. The Bertz CT molecular complexity index is 979. The van der Waals surface area contributed by atoms with Crippen LogP contribution in [0.25, 0.3) is 17.6 Å². The lowest BCUT2D eigenvalue weighted by Gasteiger charge is -2.10. The number of ether oxygens (including phenoxy) is 1. The zero-order valence-corrected chi connectivity index (χ0v) is 15.4. The number of hydrogen-bond donors (Lipinski definition) is 0. The number of aromatic nitrogens is 3. The van der Waals surface area contributed by atoms with Crippen LogP contribution in [0, 0.1) is 0 Å². The van der Waals surface area contributed by atoms with E-state index in [2.05, 4.69) is 10.1 Å². The number of halogens is 3. The molecule has 0 amide bonds. The van der Waals surface area contributed by atoms with Crippen LogP contribution in [0.1, 0.15) is 19.4 Å². The molecule has 0 aliphatic heterocycles. The van der Waals surface area contributed by atoms with Crippen molar-refractivity contribution < 1.29 is 31.1 Å². The lowest BCUT2D eigenvalue weighted by atomic mass is 10.1. The van der Waals surface area contributed by atoms with Gasteiger partial charge in [-0.05, 0) is 32.0 Å². The van der Waals surface area contributed by atoms with E-state index in [0.717, 1.165) is 35.5 Å². The van der Waals surface area contributed by atoms with Gasteiger partial charge in [-0.2, -0.15) is 13.2 Å². The molecule has 0 atom stereocenters. The van der Waals surface area contributed by atoms with Crippen molar-refractivity contribution in [1.82, 2.24) is 14.8 Å². The van der Waals surface area contributed by atoms with Crippen LogP contribution in [-0.4, -0.2) is 41.5 Å². The molecular weight excluding hydrogens is 387 g/mol. The zero-order chi connectivity index (χ0) is 20.4. The first-order chi connectivity index (χ1) is 12.4. The van der Waals surface area contributed by atoms with Crippen molar-refractivity contribution in [1.29, 1.82) is 0 Å². The smallest absolute Gasteiger partial charge is 0.416 e. The Morgan fingerprint density at radius 3 is 2.48 bits per heavy atom. The minimum absolute atomic E-state index is 0.123. The zero-order valence-electron chi connectivity index (χ0n) is 14.6. The van der Waals surface area contributed by atoms with Gasteiger partial charge in [0.05, 0.1) is 16.6 Å². The number of carbonyl (C=O) groups excluding carboxylic acids is 1. The molecule has 0 spiro atoms. The SMILES string of the molecule is CC(C)OC(=O)/C=C/n1cnc(-c2cc(C(F)(F)F)cc(S(C)(=O)=O)c2)n1. The average molecular weight is 403 g/mol. The maximum Gasteiger partial charge on any atom is 0.416 e. The minimum atomic E-state index is -4.74. The van der Waals surface area contributed by atoms with Crippen molar-refractivity contribution in [2.75, 3.05) is 6.26 Å². The van der Waals surface area contributed by atoms with E-state index in [-0.39, 0.29) is 17.5 Å². The molecule has 1 aromatic heterocycles. The molecule has 27 heavy (non-hydrogen) atoms. The van der Waals surface area contributed by atoms with Crippen LogP contribution in [-0.2, 0) is 25.5 Å². The summed E-state index contributed by atoms with van der Waals surface area (Å²) in [5, 5.41) is 3.93. The van der Waals surface area contributed by atoms with Gasteiger partial charge in [0.2, 0.25) is 0 Å². The van der Waals surface area contributed by atoms with E-state index < -0.39 is 32.4 Å². The molecule has 0 fully saturated rings. The van der Waals surface area contributed by atoms with Gasteiger partial charge in [0.25, 0.3) is 0 Å². The molecule has 2 rings (SSSR count). The average Bonchev–Trinajstić information content (AvgIpc) is 2.99. The predicted molar refractivity (Wildman–Crippen MR) is 90.1 cm³/mol. The van der Waals surface area contributed by atoms with E-state index in [0.29, 0.717) is 6.07 Å². The van der Waals surface area contributed by atoms with Gasteiger partial charge in [-0.15, -0.1) is 5.10 Å². The Hall–Kier alpha value is -2.69. The number of esters is 1. The van der Waals surface area contributed by atoms with Crippen molar-refractivity contribution in [2.45, 2.75) is 31.0 Å². The molecule has 2 aromatic rings. The van der Waals surface area contributed by atoms with Crippen molar-refractivity contribution in [3.05, 3.63) is 36.2 Å². The predicted octanol–water partition coefficient (Wildman–Crippen LogP) is 2.79. The summed E-state index contributed by atoms with van der Waals surface area (Å²) in [5.41, 5.74) is -1.25. The molecule has 0 aliphatic rings. The van der Waals surface area contributed by atoms with Gasteiger partial charge < -0.3 is 4.74 Å². The first kappa shape index (κ1) is 20.6. The molecule has 146 valence electrons. The fraction of sp³-hybridized carbons (Fsp3) is 0.312. The normalized spacial score (nSPS) is 12.7. The first-order valence-electron chi connectivity index (χ1n) is 7.59. The highest BCUT2D eigenvalue weighted by atomic mass is 32.2. The number of hydrogen-bond acceptors (Lipinski definition) is 6. The fourth-order valence-corrected chi connectivity index (χ4v) is 2.68. The lowest BCUT2D eigenvalue weighted by Crippen LogP contribution is -2.08. The summed E-state index contributed by atoms with van der Waals surface area (Å²) in [6.07, 6.45) is -0.791. The molecule has 0 radical (unpaired) electrons. The lowest BCUT2D eigenvalue weighted by molar-refractivity contribution is -0.141. The quantitative estimate of drug-likeness (QED) is 0.563. The van der Waals surface area contributed by atoms with Gasteiger partial charge in [0.1, 0.15) is 6.33 Å². The van der Waals surface area contributed by atoms with Gasteiger partial charge in [-0.1, -0.05) is 0 Å². The van der Waals surface area contributed by atoms with Gasteiger partial charge in [0.15, 0.2) is 15.7 Å². The van der Waals surface area contributed by atoms with Crippen LogP contribution < -0.4 is 0 Å². The van der Waals surface area contributed by atoms with Crippen molar-refractivity contribution >= 4 is 22.0 Å². The molecule has 0 N–H and O–H groups in total. The third-order valence-corrected chi connectivity index (χ3v) is 4.24. The van der Waals surface area contributed by atoms with Crippen molar-refractivity contribution in [3.8, 4) is 11.4 Å². The molecule has 0 aliphatic carbocycles. The van der Waals surface area contributed by atoms with Crippen LogP contribution in [0.3, 0.4) is 0 Å². The molecule has 11 heteroatoms. The number of carbonyl (C=O) groups is 1. The topological polar surface area (TPSA) is 91.2 Å². The highest BCUT2D eigenvalue weighted by Gasteiger charge is 2.32. The highest BCUT2D eigenvalue weighted by Crippen LogP contribution is 2.33. The number of rotatable bonds is 5. The molecule has 1 aromatic carbocycles. The van der Waals surface area contributed by atoms with E-state index in [1.54, 1.807) is 13.8 Å². The monoisotopic (exact) mass is 403 g/mol. The van der Waals surface area contributed by atoms with E-state index in [1.165, 1.54) is 6.20 Å². The van der Waals surface area contributed by atoms with Crippen LogP contribution >= 0.6 is 0 Å². The van der Waals surface area contributed by atoms with E-state index >= 15 is 0 Å². The number of benzene rings is 1. The standard InChI is InChI=1S/C16H16F3N3O4S/c1-10(2)26-14(23)4-5-22-9-20-15(21-22)11-6-12(16(17,18)19)8-13(7-11)27(3,24)25/h4-10H,1-3H3/b5-4+. The second-order valence-electron chi connectivity index (χ2n) is 5.87. The molecule has 0 unspecified atom stereocenters. The number of alkyl halides is 3. The summed E-state index contributed by atoms with van der Waals surface area (Å²) in [6, 6.07) is 2.36. The molecule has 1 heterocycles. The third kappa shape index (κ3) is 5.64. The van der Waals surface area contributed by atoms with Crippen LogP contribution in [0.4, 0.5) is 13.2 Å². The molecular formula is C16H16F3N3O4S. The van der Waals surface area contributed by atoms with Gasteiger partial charge in [-0.3, -0.25) is 0 Å². The van der Waals surface area contributed by atoms with E-state index in [1.807, 2.05) is 0 Å². The number of sulfone groups is 1. The first-order valence-corrected chi connectivity index (χ1v) is 9.48. The maximum atomic E-state index is 13.1. The summed E-state index contributed by atoms with van der Waals surface area (Å²) >= 11 is 0. The van der Waals surface area contributed by atoms with Gasteiger partial charge in [-0.25, -0.2) is 22.9 Å². The number of nitrogens with zero attached hydrogens (tertiary/aromatic N) is 3. The summed E-state index contributed by atoms with van der Waals surface area (Å²) in [4.78, 5) is 14.8.